The van der Waals surface area contributed by atoms with Gasteiger partial charge in [0.05, 0.1) is 4.90 Å². The van der Waals surface area contributed by atoms with Crippen LogP contribution in [0.4, 0.5) is 4.39 Å². The van der Waals surface area contributed by atoms with Gasteiger partial charge in [0.2, 0.25) is 21.8 Å². The maximum atomic E-state index is 14.6. The second kappa shape index (κ2) is 9.11. The Bertz CT molecular complexity index is 1340. The van der Waals surface area contributed by atoms with Crippen molar-refractivity contribution < 1.29 is 27.2 Å². The van der Waals surface area contributed by atoms with E-state index in [1.54, 1.807) is 24.3 Å². The van der Waals surface area contributed by atoms with E-state index in [4.69, 9.17) is 0 Å². The molecule has 1 atom stereocenters. The van der Waals surface area contributed by atoms with Crippen LogP contribution in [0.15, 0.2) is 45.8 Å². The SMILES string of the molecule is O=C1CCC(N2Cc3c(cc(F)cc3C3CCN(S(=O)(=O)c4cccc(Br)c4)CC3)C2=O)C(=O)N1. The minimum absolute atomic E-state index is 0.122. The monoisotopic (exact) mass is 563 g/mol. The molecule has 1 unspecified atom stereocenters. The van der Waals surface area contributed by atoms with Crippen LogP contribution in [0.5, 0.6) is 0 Å². The fourth-order valence-electron chi connectivity index (χ4n) is 5.20. The number of sulfonamides is 1. The van der Waals surface area contributed by atoms with Gasteiger partial charge in [-0.1, -0.05) is 22.0 Å². The molecule has 0 aliphatic carbocycles. The molecule has 0 radical (unpaired) electrons. The molecule has 3 aliphatic heterocycles. The van der Waals surface area contributed by atoms with Crippen molar-refractivity contribution in [2.45, 2.75) is 49.1 Å². The van der Waals surface area contributed by atoms with Crippen LogP contribution < -0.4 is 5.32 Å². The summed E-state index contributed by atoms with van der Waals surface area (Å²) in [7, 11) is -3.66. The van der Waals surface area contributed by atoms with Crippen molar-refractivity contribution in [1.82, 2.24) is 14.5 Å². The molecule has 3 aliphatic rings. The minimum atomic E-state index is -3.66. The molecule has 184 valence electrons. The number of carbonyl (C=O) groups excluding carboxylic acids is 3. The smallest absolute Gasteiger partial charge is 0.255 e. The van der Waals surface area contributed by atoms with E-state index < -0.39 is 33.7 Å². The Hall–Kier alpha value is -2.63. The molecular formula is C24H23BrFN3O5S. The number of amides is 3. The van der Waals surface area contributed by atoms with E-state index in [1.807, 2.05) is 0 Å². The van der Waals surface area contributed by atoms with Crippen molar-refractivity contribution in [2.24, 2.45) is 0 Å². The molecule has 0 bridgehead atoms. The van der Waals surface area contributed by atoms with Crippen LogP contribution in [0, 0.1) is 5.82 Å². The molecule has 35 heavy (non-hydrogen) atoms. The van der Waals surface area contributed by atoms with Gasteiger partial charge in [-0.05, 0) is 66.6 Å². The first kappa shape index (κ1) is 24.1. The minimum Gasteiger partial charge on any atom is -0.322 e. The number of nitrogens with one attached hydrogen (secondary N) is 1. The van der Waals surface area contributed by atoms with Crippen LogP contribution in [0.1, 0.15) is 53.1 Å². The van der Waals surface area contributed by atoms with Gasteiger partial charge in [-0.15, -0.1) is 0 Å². The molecule has 5 rings (SSSR count). The summed E-state index contributed by atoms with van der Waals surface area (Å²) >= 11 is 3.31. The zero-order valence-corrected chi connectivity index (χ0v) is 21.1. The lowest BCUT2D eigenvalue weighted by atomic mass is 9.86. The predicted molar refractivity (Wildman–Crippen MR) is 127 cm³/mol. The summed E-state index contributed by atoms with van der Waals surface area (Å²) in [5, 5.41) is 2.27. The molecular weight excluding hydrogens is 541 g/mol. The van der Waals surface area contributed by atoms with Crippen molar-refractivity contribution >= 4 is 43.7 Å². The lowest BCUT2D eigenvalue weighted by molar-refractivity contribution is -0.136. The van der Waals surface area contributed by atoms with E-state index in [2.05, 4.69) is 21.2 Å². The molecule has 3 heterocycles. The highest BCUT2D eigenvalue weighted by atomic mass is 79.9. The predicted octanol–water partition coefficient (Wildman–Crippen LogP) is 2.92. The molecule has 2 aromatic rings. The molecule has 0 aromatic heterocycles. The molecule has 0 spiro atoms. The number of halogens is 2. The van der Waals surface area contributed by atoms with Crippen molar-refractivity contribution in [3.8, 4) is 0 Å². The van der Waals surface area contributed by atoms with Gasteiger partial charge < -0.3 is 4.90 Å². The van der Waals surface area contributed by atoms with Crippen molar-refractivity contribution in [1.29, 1.82) is 0 Å². The van der Waals surface area contributed by atoms with E-state index in [0.29, 0.717) is 28.4 Å². The highest BCUT2D eigenvalue weighted by Crippen LogP contribution is 2.38. The van der Waals surface area contributed by atoms with Gasteiger partial charge in [-0.3, -0.25) is 19.7 Å². The summed E-state index contributed by atoms with van der Waals surface area (Å²) in [4.78, 5) is 38.6. The number of hydrogen-bond donors (Lipinski definition) is 1. The molecule has 3 amide bonds. The summed E-state index contributed by atoms with van der Waals surface area (Å²) < 4.78 is 42.8. The molecule has 0 saturated carbocycles. The van der Waals surface area contributed by atoms with Gasteiger partial charge in [0.25, 0.3) is 5.91 Å². The lowest BCUT2D eigenvalue weighted by Crippen LogP contribution is -2.52. The van der Waals surface area contributed by atoms with Gasteiger partial charge in [-0.25, -0.2) is 12.8 Å². The molecule has 8 nitrogen and oxygen atoms in total. The number of benzene rings is 2. The standard InChI is InChI=1S/C24H23BrFN3O5S/c25-15-2-1-3-17(10-15)35(33,34)28-8-6-14(7-9-28)18-11-16(26)12-19-20(18)13-29(24(19)32)21-4-5-22(30)27-23(21)31/h1-3,10-12,14,21H,4-9,13H2,(H,27,30,31). The third-order valence-corrected chi connectivity index (χ3v) is 9.37. The number of hydrogen-bond acceptors (Lipinski definition) is 5. The second-order valence-electron chi connectivity index (χ2n) is 9.06. The Morgan fingerprint density at radius 2 is 1.77 bits per heavy atom. The topological polar surface area (TPSA) is 104 Å². The third kappa shape index (κ3) is 4.41. The molecule has 2 aromatic carbocycles. The van der Waals surface area contributed by atoms with Crippen molar-refractivity contribution in [3.63, 3.8) is 0 Å². The number of carbonyl (C=O) groups is 3. The Labute approximate surface area is 210 Å². The third-order valence-electron chi connectivity index (χ3n) is 6.98. The first-order chi connectivity index (χ1) is 16.6. The Kier molecular flexibility index (Phi) is 6.27. The average molecular weight is 564 g/mol. The van der Waals surface area contributed by atoms with Gasteiger partial charge in [0.15, 0.2) is 0 Å². The first-order valence-electron chi connectivity index (χ1n) is 11.4. The fourth-order valence-corrected chi connectivity index (χ4v) is 7.27. The van der Waals surface area contributed by atoms with E-state index in [1.165, 1.54) is 21.3 Å². The Morgan fingerprint density at radius 1 is 1.03 bits per heavy atom. The van der Waals surface area contributed by atoms with Crippen LogP contribution >= 0.6 is 15.9 Å². The number of piperidine rings is 2. The maximum Gasteiger partial charge on any atom is 0.255 e. The Morgan fingerprint density at radius 3 is 2.46 bits per heavy atom. The van der Waals surface area contributed by atoms with Crippen molar-refractivity contribution in [3.05, 3.63) is 63.4 Å². The van der Waals surface area contributed by atoms with Crippen molar-refractivity contribution in [2.75, 3.05) is 13.1 Å². The number of imide groups is 1. The van der Waals surface area contributed by atoms with E-state index in [9.17, 15) is 27.2 Å². The van der Waals surface area contributed by atoms with Gasteiger partial charge >= 0.3 is 0 Å². The lowest BCUT2D eigenvalue weighted by Gasteiger charge is -2.32. The number of fused-ring (bicyclic) bond motifs is 1. The van der Waals surface area contributed by atoms with Crippen LogP contribution in [0.3, 0.4) is 0 Å². The second-order valence-corrected chi connectivity index (χ2v) is 11.9. The zero-order valence-electron chi connectivity index (χ0n) is 18.7. The van der Waals surface area contributed by atoms with Gasteiger partial charge in [0, 0.05) is 36.1 Å². The van der Waals surface area contributed by atoms with Crippen LogP contribution in [0.25, 0.3) is 0 Å². The molecule has 2 fully saturated rings. The van der Waals surface area contributed by atoms with E-state index in [-0.39, 0.29) is 54.8 Å². The Balaban J connectivity index is 1.36. The van der Waals surface area contributed by atoms with Crippen LogP contribution in [-0.2, 0) is 26.2 Å². The largest absolute Gasteiger partial charge is 0.322 e. The van der Waals surface area contributed by atoms with E-state index in [0.717, 1.165) is 0 Å². The van der Waals surface area contributed by atoms with Gasteiger partial charge in [0.1, 0.15) is 11.9 Å². The molecule has 11 heteroatoms. The zero-order chi connectivity index (χ0) is 24.9. The molecule has 2 saturated heterocycles. The van der Waals surface area contributed by atoms with Crippen LogP contribution in [-0.4, -0.2) is 54.5 Å². The quantitative estimate of drug-likeness (QED) is 0.576. The molecule has 1 N–H and O–H groups in total. The highest BCUT2D eigenvalue weighted by Gasteiger charge is 2.41. The van der Waals surface area contributed by atoms with E-state index >= 15 is 0 Å². The summed E-state index contributed by atoms with van der Waals surface area (Å²) in [6, 6.07) is 8.39. The van der Waals surface area contributed by atoms with Crippen LogP contribution in [0.2, 0.25) is 0 Å². The number of nitrogens with zero attached hydrogens (tertiary/aromatic N) is 2. The first-order valence-corrected chi connectivity index (χ1v) is 13.6. The normalized spacial score (nSPS) is 21.8. The number of rotatable bonds is 4. The summed E-state index contributed by atoms with van der Waals surface area (Å²) in [5.74, 6) is -1.98. The summed E-state index contributed by atoms with van der Waals surface area (Å²) in [5.41, 5.74) is 1.59. The average Bonchev–Trinajstić information content (AvgIpc) is 3.14. The summed E-state index contributed by atoms with van der Waals surface area (Å²) in [6.45, 7) is 0.706. The van der Waals surface area contributed by atoms with Gasteiger partial charge in [-0.2, -0.15) is 4.31 Å². The fraction of sp³-hybridized carbons (Fsp3) is 0.375. The maximum absolute atomic E-state index is 14.6. The summed E-state index contributed by atoms with van der Waals surface area (Å²) in [6.07, 6.45) is 1.34. The highest BCUT2D eigenvalue weighted by molar-refractivity contribution is 9.10.